The Morgan fingerprint density at radius 2 is 2.03 bits per heavy atom. The van der Waals surface area contributed by atoms with E-state index in [1.165, 1.54) is 18.5 Å². The Kier molecular flexibility index (Phi) is 9.08. The molecule has 0 aliphatic carbocycles. The molecule has 12 heteroatoms. The summed E-state index contributed by atoms with van der Waals surface area (Å²) in [4.78, 5) is 15.5. The lowest BCUT2D eigenvalue weighted by molar-refractivity contribution is -0.137. The number of hydrogen-bond donors (Lipinski definition) is 3. The van der Waals surface area contributed by atoms with Crippen LogP contribution in [0, 0.1) is 6.92 Å². The second-order valence-corrected chi connectivity index (χ2v) is 9.03. The Morgan fingerprint density at radius 3 is 2.79 bits per heavy atom. The van der Waals surface area contributed by atoms with Crippen LogP contribution < -0.4 is 16.1 Å². The summed E-state index contributed by atoms with van der Waals surface area (Å²) in [6, 6.07) is 10.3. The molecule has 3 N–H and O–H groups in total. The Balaban J connectivity index is 1.26. The monoisotopic (exact) mass is 528 g/mol. The molecule has 0 amide bonds. The summed E-state index contributed by atoms with van der Waals surface area (Å²) in [7, 11) is 0. The van der Waals surface area contributed by atoms with Crippen LogP contribution >= 0.6 is 0 Å². The van der Waals surface area contributed by atoms with E-state index in [-0.39, 0.29) is 6.10 Å². The molecule has 0 spiro atoms. The summed E-state index contributed by atoms with van der Waals surface area (Å²) in [5, 5.41) is 10.4. The van der Waals surface area contributed by atoms with Gasteiger partial charge in [0, 0.05) is 43.6 Å². The van der Waals surface area contributed by atoms with Crippen LogP contribution in [0.15, 0.2) is 53.8 Å². The van der Waals surface area contributed by atoms with Crippen molar-refractivity contribution in [1.29, 1.82) is 0 Å². The van der Waals surface area contributed by atoms with Gasteiger partial charge in [0.25, 0.3) is 0 Å². The highest BCUT2D eigenvalue weighted by Crippen LogP contribution is 2.31. The molecule has 1 unspecified atom stereocenters. The van der Waals surface area contributed by atoms with Gasteiger partial charge in [0.05, 0.1) is 42.1 Å². The highest BCUT2D eigenvalue weighted by molar-refractivity contribution is 5.78. The van der Waals surface area contributed by atoms with Gasteiger partial charge in [-0.3, -0.25) is 9.88 Å². The summed E-state index contributed by atoms with van der Waals surface area (Å²) < 4.78 is 44.3. The van der Waals surface area contributed by atoms with Gasteiger partial charge in [-0.15, -0.1) is 0 Å². The quantitative estimate of drug-likeness (QED) is 0.194. The topological polar surface area (TPSA) is 99.6 Å². The number of halogens is 3. The molecule has 2 aromatic heterocycles. The number of anilines is 4. The van der Waals surface area contributed by atoms with Crippen molar-refractivity contribution in [2.45, 2.75) is 32.5 Å². The first kappa shape index (κ1) is 27.3. The summed E-state index contributed by atoms with van der Waals surface area (Å²) >= 11 is 0. The number of benzene rings is 1. The van der Waals surface area contributed by atoms with Crippen molar-refractivity contribution >= 4 is 29.4 Å². The van der Waals surface area contributed by atoms with Crippen molar-refractivity contribution in [3.63, 3.8) is 0 Å². The molecule has 0 saturated carbocycles. The van der Waals surface area contributed by atoms with Gasteiger partial charge in [-0.05, 0) is 50.6 Å². The Labute approximate surface area is 219 Å². The Morgan fingerprint density at radius 1 is 1.16 bits per heavy atom. The molecule has 0 radical (unpaired) electrons. The fraction of sp³-hybridized carbons (Fsp3) is 0.385. The zero-order chi connectivity index (χ0) is 27.0. The van der Waals surface area contributed by atoms with Crippen LogP contribution in [-0.4, -0.2) is 65.0 Å². The highest BCUT2D eigenvalue weighted by atomic mass is 19.4. The summed E-state index contributed by atoms with van der Waals surface area (Å²) in [6.45, 7) is 8.48. The first-order chi connectivity index (χ1) is 18.2. The maximum absolute atomic E-state index is 12.9. The summed E-state index contributed by atoms with van der Waals surface area (Å²) in [5.41, 5.74) is 4.32. The van der Waals surface area contributed by atoms with Gasteiger partial charge in [-0.1, -0.05) is 6.07 Å². The molecule has 1 atom stereocenters. The lowest BCUT2D eigenvalue weighted by atomic mass is 10.2. The molecule has 1 aliphatic rings. The molecular formula is C26H31F3N8O. The fourth-order valence-electron chi connectivity index (χ4n) is 3.97. The zero-order valence-electron chi connectivity index (χ0n) is 21.3. The number of aromatic nitrogens is 3. The van der Waals surface area contributed by atoms with Gasteiger partial charge in [0.1, 0.15) is 5.82 Å². The minimum atomic E-state index is -4.40. The molecule has 3 heterocycles. The van der Waals surface area contributed by atoms with Crippen molar-refractivity contribution in [1.82, 2.24) is 19.9 Å². The molecule has 202 valence electrons. The number of nitrogens with zero attached hydrogens (tertiary/aromatic N) is 5. The predicted octanol–water partition coefficient (Wildman–Crippen LogP) is 4.91. The standard InChI is InChI=1S/C26H31F3N8O/c1-18-13-24(30-9-4-10-37-11-12-38-19(2)17-37)35-25(33-18)36-32-16-22-7-8-23(15-31-22)34-21-6-3-5-20(14-21)26(27,28)29/h3,5-8,13-16,19,34H,4,9-12,17H2,1-2H3,(H2,30,33,35,36)/b32-16+. The number of hydrogen-bond acceptors (Lipinski definition) is 9. The molecule has 0 bridgehead atoms. The summed E-state index contributed by atoms with van der Waals surface area (Å²) in [6.07, 6.45) is -0.102. The van der Waals surface area contributed by atoms with E-state index >= 15 is 0 Å². The second kappa shape index (κ2) is 12.7. The van der Waals surface area contributed by atoms with E-state index in [2.05, 4.69) is 47.9 Å². The molecule has 1 aromatic carbocycles. The van der Waals surface area contributed by atoms with Gasteiger partial charge in [-0.2, -0.15) is 23.3 Å². The third-order valence-corrected chi connectivity index (χ3v) is 5.76. The average molecular weight is 529 g/mol. The van der Waals surface area contributed by atoms with Crippen LogP contribution in [0.4, 0.5) is 36.3 Å². The molecule has 3 aromatic rings. The molecule has 1 aliphatic heterocycles. The van der Waals surface area contributed by atoms with Crippen LogP contribution in [0.5, 0.6) is 0 Å². The van der Waals surface area contributed by atoms with Crippen molar-refractivity contribution < 1.29 is 17.9 Å². The van der Waals surface area contributed by atoms with Crippen LogP contribution in [0.3, 0.4) is 0 Å². The zero-order valence-corrected chi connectivity index (χ0v) is 21.3. The second-order valence-electron chi connectivity index (χ2n) is 9.03. The Hall–Kier alpha value is -3.77. The van der Waals surface area contributed by atoms with Crippen LogP contribution in [0.25, 0.3) is 0 Å². The van der Waals surface area contributed by atoms with Crippen molar-refractivity contribution in [3.05, 3.63) is 65.6 Å². The number of alkyl halides is 3. The van der Waals surface area contributed by atoms with Gasteiger partial charge in [0.2, 0.25) is 5.95 Å². The van der Waals surface area contributed by atoms with Crippen LogP contribution in [0.1, 0.15) is 30.3 Å². The van der Waals surface area contributed by atoms with Crippen LogP contribution in [0.2, 0.25) is 0 Å². The van der Waals surface area contributed by atoms with E-state index in [1.807, 2.05) is 13.0 Å². The van der Waals surface area contributed by atoms with Crippen molar-refractivity contribution in [2.75, 3.05) is 48.8 Å². The third kappa shape index (κ3) is 8.38. The van der Waals surface area contributed by atoms with Gasteiger partial charge in [-0.25, -0.2) is 10.4 Å². The lowest BCUT2D eigenvalue weighted by Crippen LogP contribution is -2.41. The number of rotatable bonds is 10. The first-order valence-corrected chi connectivity index (χ1v) is 12.4. The average Bonchev–Trinajstić information content (AvgIpc) is 2.87. The number of pyridine rings is 1. The van der Waals surface area contributed by atoms with Crippen molar-refractivity contribution in [3.8, 4) is 0 Å². The van der Waals surface area contributed by atoms with E-state index in [0.717, 1.165) is 57.0 Å². The van der Waals surface area contributed by atoms with Crippen molar-refractivity contribution in [2.24, 2.45) is 5.10 Å². The number of nitrogens with one attached hydrogen (secondary N) is 3. The van der Waals surface area contributed by atoms with Gasteiger partial charge >= 0.3 is 6.18 Å². The minimum Gasteiger partial charge on any atom is -0.376 e. The van der Waals surface area contributed by atoms with E-state index in [4.69, 9.17) is 4.74 Å². The molecule has 38 heavy (non-hydrogen) atoms. The molecule has 4 rings (SSSR count). The maximum Gasteiger partial charge on any atom is 0.416 e. The van der Waals surface area contributed by atoms with E-state index in [9.17, 15) is 13.2 Å². The van der Waals surface area contributed by atoms with E-state index in [1.54, 1.807) is 18.2 Å². The number of aryl methyl sites for hydroxylation is 1. The van der Waals surface area contributed by atoms with Gasteiger partial charge in [0.15, 0.2) is 0 Å². The summed E-state index contributed by atoms with van der Waals surface area (Å²) in [5.74, 6) is 1.07. The molecule has 1 saturated heterocycles. The minimum absolute atomic E-state index is 0.282. The number of ether oxygens (including phenoxy) is 1. The first-order valence-electron chi connectivity index (χ1n) is 12.4. The maximum atomic E-state index is 12.9. The Bertz CT molecular complexity index is 1220. The molecular weight excluding hydrogens is 497 g/mol. The van der Waals surface area contributed by atoms with E-state index < -0.39 is 11.7 Å². The SMILES string of the molecule is Cc1cc(NCCCN2CCOC(C)C2)nc(N/N=C/c2ccc(Nc3cccc(C(F)(F)F)c3)cn2)n1. The third-order valence-electron chi connectivity index (χ3n) is 5.76. The van der Waals surface area contributed by atoms with Crippen LogP contribution in [-0.2, 0) is 10.9 Å². The van der Waals surface area contributed by atoms with Gasteiger partial charge < -0.3 is 15.4 Å². The number of morpholine rings is 1. The lowest BCUT2D eigenvalue weighted by Gasteiger charge is -2.31. The highest BCUT2D eigenvalue weighted by Gasteiger charge is 2.30. The van der Waals surface area contributed by atoms with E-state index in [0.29, 0.717) is 28.8 Å². The predicted molar refractivity (Wildman–Crippen MR) is 142 cm³/mol. The fourth-order valence-corrected chi connectivity index (χ4v) is 3.97. The normalized spacial score (nSPS) is 16.5. The number of hydrazone groups is 1. The smallest absolute Gasteiger partial charge is 0.376 e. The largest absolute Gasteiger partial charge is 0.416 e. The molecule has 9 nitrogen and oxygen atoms in total. The molecule has 1 fully saturated rings.